The minimum absolute atomic E-state index is 0.0114. The van der Waals surface area contributed by atoms with Gasteiger partial charge in [0.1, 0.15) is 5.75 Å². The van der Waals surface area contributed by atoms with Gasteiger partial charge in [0.05, 0.1) is 16.2 Å². The fourth-order valence-corrected chi connectivity index (χ4v) is 5.39. The van der Waals surface area contributed by atoms with Crippen LogP contribution < -0.4 is 10.1 Å². The summed E-state index contributed by atoms with van der Waals surface area (Å²) < 4.78 is 6.07. The molecule has 0 unspecified atom stereocenters. The molecule has 1 heterocycles. The number of nitriles is 1. The van der Waals surface area contributed by atoms with E-state index in [9.17, 15) is 4.79 Å². The molecule has 26 heavy (non-hydrogen) atoms. The highest BCUT2D eigenvalue weighted by Crippen LogP contribution is 2.43. The average Bonchev–Trinajstić information content (AvgIpc) is 2.72. The van der Waals surface area contributed by atoms with Gasteiger partial charge in [-0.1, -0.05) is 24.3 Å². The maximum Gasteiger partial charge on any atom is 0.258 e. The molecule has 3 rings (SSSR count). The van der Waals surface area contributed by atoms with Crippen molar-refractivity contribution in [2.75, 3.05) is 18.1 Å². The van der Waals surface area contributed by atoms with Gasteiger partial charge in [0.15, 0.2) is 6.61 Å². The second kappa shape index (κ2) is 9.56. The predicted molar refractivity (Wildman–Crippen MR) is 107 cm³/mol. The summed E-state index contributed by atoms with van der Waals surface area (Å²) >= 11 is 3.97. The zero-order chi connectivity index (χ0) is 18.2. The number of rotatable bonds is 6. The standard InChI is InChI=1S/C20H20N2O2S2/c21-12-15-2-4-16(5-3-15)13-22-19(23)14-24-18-8-6-17(7-9-18)20-25-10-1-11-26-20/h2-9,20H,1,10-11,13-14H2,(H,22,23). The Kier molecular flexibility index (Phi) is 6.87. The van der Waals surface area contributed by atoms with Gasteiger partial charge >= 0.3 is 0 Å². The first-order valence-electron chi connectivity index (χ1n) is 8.46. The van der Waals surface area contributed by atoms with Crippen molar-refractivity contribution in [3.8, 4) is 11.8 Å². The van der Waals surface area contributed by atoms with Gasteiger partial charge in [-0.3, -0.25) is 4.79 Å². The highest BCUT2D eigenvalue weighted by Gasteiger charge is 2.16. The molecule has 1 aliphatic heterocycles. The van der Waals surface area contributed by atoms with Crippen LogP contribution in [-0.4, -0.2) is 24.0 Å². The number of carbonyl (C=O) groups is 1. The first-order valence-corrected chi connectivity index (χ1v) is 10.6. The Balaban J connectivity index is 1.42. The van der Waals surface area contributed by atoms with Crippen LogP contribution >= 0.6 is 23.5 Å². The third kappa shape index (κ3) is 5.45. The molecule has 1 saturated heterocycles. The van der Waals surface area contributed by atoms with Crippen LogP contribution in [0, 0.1) is 11.3 Å². The minimum Gasteiger partial charge on any atom is -0.484 e. The summed E-state index contributed by atoms with van der Waals surface area (Å²) in [6, 6.07) is 17.2. The summed E-state index contributed by atoms with van der Waals surface area (Å²) in [5.41, 5.74) is 2.86. The molecule has 0 aliphatic carbocycles. The number of hydrogen-bond donors (Lipinski definition) is 1. The molecule has 0 spiro atoms. The summed E-state index contributed by atoms with van der Waals surface area (Å²) in [6.45, 7) is 0.408. The smallest absolute Gasteiger partial charge is 0.258 e. The van der Waals surface area contributed by atoms with E-state index >= 15 is 0 Å². The van der Waals surface area contributed by atoms with Crippen LogP contribution in [0.3, 0.4) is 0 Å². The zero-order valence-corrected chi connectivity index (χ0v) is 15.9. The van der Waals surface area contributed by atoms with E-state index in [-0.39, 0.29) is 12.5 Å². The number of carbonyl (C=O) groups excluding carboxylic acids is 1. The molecule has 0 aromatic heterocycles. The number of thioether (sulfide) groups is 2. The summed E-state index contributed by atoms with van der Waals surface area (Å²) in [5.74, 6) is 2.97. The number of nitrogens with one attached hydrogen (secondary N) is 1. The van der Waals surface area contributed by atoms with Gasteiger partial charge in [0, 0.05) is 6.54 Å². The van der Waals surface area contributed by atoms with Gasteiger partial charge in [-0.15, -0.1) is 23.5 Å². The lowest BCUT2D eigenvalue weighted by atomic mass is 10.1. The first-order chi connectivity index (χ1) is 12.7. The van der Waals surface area contributed by atoms with E-state index in [0.29, 0.717) is 22.4 Å². The molecule has 2 aromatic carbocycles. The topological polar surface area (TPSA) is 62.1 Å². The molecule has 1 aliphatic rings. The van der Waals surface area contributed by atoms with Crippen molar-refractivity contribution < 1.29 is 9.53 Å². The lowest BCUT2D eigenvalue weighted by Gasteiger charge is -2.21. The Bertz CT molecular complexity index is 764. The normalized spacial score (nSPS) is 14.4. The van der Waals surface area contributed by atoms with E-state index in [1.807, 2.05) is 47.8 Å². The molecular weight excluding hydrogens is 364 g/mol. The largest absolute Gasteiger partial charge is 0.484 e. The fourth-order valence-electron chi connectivity index (χ4n) is 2.50. The Labute approximate surface area is 162 Å². The zero-order valence-electron chi connectivity index (χ0n) is 14.3. The summed E-state index contributed by atoms with van der Waals surface area (Å²) in [7, 11) is 0. The predicted octanol–water partition coefficient (Wildman–Crippen LogP) is 4.12. The van der Waals surface area contributed by atoms with Crippen molar-refractivity contribution in [2.45, 2.75) is 17.5 Å². The maximum atomic E-state index is 11.9. The molecule has 1 amide bonds. The Morgan fingerprint density at radius 1 is 1.12 bits per heavy atom. The Morgan fingerprint density at radius 3 is 2.46 bits per heavy atom. The van der Waals surface area contributed by atoms with Crippen LogP contribution in [0.4, 0.5) is 0 Å². The van der Waals surface area contributed by atoms with Gasteiger partial charge in [0.2, 0.25) is 0 Å². The number of benzene rings is 2. The van der Waals surface area contributed by atoms with Crippen molar-refractivity contribution in [2.24, 2.45) is 0 Å². The van der Waals surface area contributed by atoms with E-state index in [0.717, 1.165) is 5.56 Å². The number of nitrogens with zero attached hydrogens (tertiary/aromatic N) is 1. The first kappa shape index (κ1) is 18.7. The summed E-state index contributed by atoms with van der Waals surface area (Å²) in [5, 5.41) is 11.6. The number of hydrogen-bond acceptors (Lipinski definition) is 5. The minimum atomic E-state index is -0.170. The van der Waals surface area contributed by atoms with Gasteiger partial charge in [-0.05, 0) is 53.3 Å². The SMILES string of the molecule is N#Cc1ccc(CNC(=O)COc2ccc(C3SCCCS3)cc2)cc1. The van der Waals surface area contributed by atoms with Crippen LogP contribution in [0.15, 0.2) is 48.5 Å². The van der Waals surface area contributed by atoms with Crippen LogP contribution in [-0.2, 0) is 11.3 Å². The highest BCUT2D eigenvalue weighted by molar-refractivity contribution is 8.16. The lowest BCUT2D eigenvalue weighted by molar-refractivity contribution is -0.123. The fraction of sp³-hybridized carbons (Fsp3) is 0.300. The third-order valence-corrected chi connectivity index (χ3v) is 6.94. The van der Waals surface area contributed by atoms with Crippen molar-refractivity contribution in [1.29, 1.82) is 5.26 Å². The lowest BCUT2D eigenvalue weighted by Crippen LogP contribution is -2.28. The molecule has 2 aromatic rings. The molecule has 6 heteroatoms. The monoisotopic (exact) mass is 384 g/mol. The quantitative estimate of drug-likeness (QED) is 0.812. The van der Waals surface area contributed by atoms with Crippen molar-refractivity contribution >= 4 is 29.4 Å². The van der Waals surface area contributed by atoms with E-state index < -0.39 is 0 Å². The number of amides is 1. The van der Waals surface area contributed by atoms with E-state index in [1.54, 1.807) is 12.1 Å². The van der Waals surface area contributed by atoms with Crippen LogP contribution in [0.5, 0.6) is 5.75 Å². The molecule has 1 N–H and O–H groups in total. The molecule has 0 atom stereocenters. The average molecular weight is 385 g/mol. The molecule has 0 bridgehead atoms. The van der Waals surface area contributed by atoms with Crippen LogP contribution in [0.1, 0.15) is 27.7 Å². The molecule has 134 valence electrons. The van der Waals surface area contributed by atoms with Gasteiger partial charge < -0.3 is 10.1 Å². The maximum absolute atomic E-state index is 11.9. The summed E-state index contributed by atoms with van der Waals surface area (Å²) in [4.78, 5) is 11.9. The second-order valence-electron chi connectivity index (χ2n) is 5.87. The van der Waals surface area contributed by atoms with Crippen LogP contribution in [0.2, 0.25) is 0 Å². The van der Waals surface area contributed by atoms with Crippen molar-refractivity contribution in [3.63, 3.8) is 0 Å². The number of ether oxygens (including phenoxy) is 1. The molecule has 0 radical (unpaired) electrons. The second-order valence-corrected chi connectivity index (χ2v) is 8.59. The summed E-state index contributed by atoms with van der Waals surface area (Å²) in [6.07, 6.45) is 1.28. The molecule has 1 fully saturated rings. The van der Waals surface area contributed by atoms with Gasteiger partial charge in [-0.25, -0.2) is 0 Å². The van der Waals surface area contributed by atoms with Crippen LogP contribution in [0.25, 0.3) is 0 Å². The van der Waals surface area contributed by atoms with Gasteiger partial charge in [-0.2, -0.15) is 5.26 Å². The Hall–Kier alpha value is -2.10. The van der Waals surface area contributed by atoms with Crippen molar-refractivity contribution in [1.82, 2.24) is 5.32 Å². The molecule has 0 saturated carbocycles. The van der Waals surface area contributed by atoms with E-state index in [1.165, 1.54) is 23.5 Å². The Morgan fingerprint density at radius 2 is 1.81 bits per heavy atom. The van der Waals surface area contributed by atoms with Gasteiger partial charge in [0.25, 0.3) is 5.91 Å². The molecule has 4 nitrogen and oxygen atoms in total. The molecular formula is C20H20N2O2S2. The van der Waals surface area contributed by atoms with Crippen molar-refractivity contribution in [3.05, 3.63) is 65.2 Å². The van der Waals surface area contributed by atoms with E-state index in [4.69, 9.17) is 10.00 Å². The van der Waals surface area contributed by atoms with E-state index in [2.05, 4.69) is 23.5 Å². The third-order valence-electron chi connectivity index (χ3n) is 3.92. The highest BCUT2D eigenvalue weighted by atomic mass is 32.2.